The topological polar surface area (TPSA) is 54.5 Å². The zero-order valence-electron chi connectivity index (χ0n) is 12.4. The number of benzene rings is 1. The summed E-state index contributed by atoms with van der Waals surface area (Å²) in [4.78, 5) is 8.79. The molecule has 4 rings (SSSR count). The van der Waals surface area contributed by atoms with Crippen molar-refractivity contribution in [2.75, 3.05) is 0 Å². The number of fused-ring (bicyclic) bond motifs is 1. The molecule has 0 aliphatic carbocycles. The van der Waals surface area contributed by atoms with Gasteiger partial charge in [-0.2, -0.15) is 5.10 Å². The van der Waals surface area contributed by atoms with Crippen molar-refractivity contribution in [2.24, 2.45) is 0 Å². The van der Waals surface area contributed by atoms with E-state index in [1.54, 1.807) is 30.7 Å². The second-order valence-corrected chi connectivity index (χ2v) is 5.34. The molecule has 0 atom stereocenters. The van der Waals surface area contributed by atoms with Crippen molar-refractivity contribution in [1.82, 2.24) is 20.2 Å². The largest absolute Gasteiger partial charge is 0.265 e. The minimum atomic E-state index is -0.265. The number of aromatic nitrogens is 4. The normalized spacial score (nSPS) is 11.0. The predicted octanol–water partition coefficient (Wildman–Crippen LogP) is 4.13. The molecule has 4 aromatic rings. The van der Waals surface area contributed by atoms with E-state index in [9.17, 15) is 4.39 Å². The Morgan fingerprint density at radius 2 is 1.70 bits per heavy atom. The van der Waals surface area contributed by atoms with Crippen LogP contribution in [0.25, 0.3) is 33.4 Å². The predicted molar refractivity (Wildman–Crippen MR) is 87.3 cm³/mol. The highest BCUT2D eigenvalue weighted by Crippen LogP contribution is 2.36. The lowest BCUT2D eigenvalue weighted by molar-refractivity contribution is 0.628. The molecule has 0 unspecified atom stereocenters. The van der Waals surface area contributed by atoms with Gasteiger partial charge in [-0.25, -0.2) is 9.37 Å². The molecule has 3 aromatic heterocycles. The van der Waals surface area contributed by atoms with Gasteiger partial charge in [0.25, 0.3) is 0 Å². The van der Waals surface area contributed by atoms with E-state index >= 15 is 0 Å². The molecule has 5 heteroatoms. The molecule has 0 aliphatic rings. The number of hydrogen-bond acceptors (Lipinski definition) is 3. The lowest BCUT2D eigenvalue weighted by atomic mass is 9.94. The summed E-state index contributed by atoms with van der Waals surface area (Å²) < 4.78 is 13.3. The summed E-state index contributed by atoms with van der Waals surface area (Å²) in [7, 11) is 0. The molecule has 0 bridgehead atoms. The third-order valence-electron chi connectivity index (χ3n) is 3.95. The van der Waals surface area contributed by atoms with Gasteiger partial charge in [0.15, 0.2) is 5.65 Å². The third-order valence-corrected chi connectivity index (χ3v) is 3.95. The van der Waals surface area contributed by atoms with Gasteiger partial charge in [-0.3, -0.25) is 10.1 Å². The fourth-order valence-corrected chi connectivity index (χ4v) is 2.81. The van der Waals surface area contributed by atoms with E-state index < -0.39 is 0 Å². The molecule has 4 nitrogen and oxygen atoms in total. The maximum atomic E-state index is 13.3. The smallest absolute Gasteiger partial charge is 0.156 e. The van der Waals surface area contributed by atoms with Gasteiger partial charge in [-0.15, -0.1) is 0 Å². The van der Waals surface area contributed by atoms with Gasteiger partial charge < -0.3 is 0 Å². The van der Waals surface area contributed by atoms with Crippen molar-refractivity contribution in [3.05, 3.63) is 66.4 Å². The standard InChI is InChI=1S/C18H13FN4/c1-11-15-10-21-23-18(15)22-17(13-2-4-14(19)5-3-13)16(11)12-6-8-20-9-7-12/h2-10H,1H3,(H,21,22,23). The average molecular weight is 304 g/mol. The number of hydrogen-bond donors (Lipinski definition) is 1. The minimum absolute atomic E-state index is 0.265. The van der Waals surface area contributed by atoms with Gasteiger partial charge in [0, 0.05) is 28.9 Å². The Kier molecular flexibility index (Phi) is 3.12. The number of nitrogens with zero attached hydrogens (tertiary/aromatic N) is 3. The zero-order chi connectivity index (χ0) is 15.8. The number of aryl methyl sites for hydroxylation is 1. The van der Waals surface area contributed by atoms with Crippen LogP contribution in [0.15, 0.2) is 55.0 Å². The second kappa shape index (κ2) is 5.28. The summed E-state index contributed by atoms with van der Waals surface area (Å²) in [6, 6.07) is 10.3. The molecule has 1 N–H and O–H groups in total. The van der Waals surface area contributed by atoms with Crippen molar-refractivity contribution >= 4 is 11.0 Å². The molecular weight excluding hydrogens is 291 g/mol. The van der Waals surface area contributed by atoms with Gasteiger partial charge in [0.05, 0.1) is 11.9 Å². The van der Waals surface area contributed by atoms with Gasteiger partial charge in [0.2, 0.25) is 0 Å². The minimum Gasteiger partial charge on any atom is -0.265 e. The first kappa shape index (κ1) is 13.6. The first-order valence-corrected chi connectivity index (χ1v) is 7.24. The lowest BCUT2D eigenvalue weighted by Crippen LogP contribution is -1.95. The van der Waals surface area contributed by atoms with Crippen molar-refractivity contribution < 1.29 is 4.39 Å². The SMILES string of the molecule is Cc1c(-c2ccncc2)c(-c2ccc(F)cc2)nc2[nH]ncc12. The Labute approximate surface area is 132 Å². The van der Waals surface area contributed by atoms with Crippen LogP contribution >= 0.6 is 0 Å². The van der Waals surface area contributed by atoms with Crippen LogP contribution in [0.4, 0.5) is 4.39 Å². The molecule has 3 heterocycles. The quantitative estimate of drug-likeness (QED) is 0.605. The Morgan fingerprint density at radius 3 is 2.43 bits per heavy atom. The highest BCUT2D eigenvalue weighted by atomic mass is 19.1. The molecule has 0 saturated heterocycles. The number of halogens is 1. The summed E-state index contributed by atoms with van der Waals surface area (Å²) in [5, 5.41) is 7.97. The van der Waals surface area contributed by atoms with E-state index in [-0.39, 0.29) is 5.82 Å². The summed E-state index contributed by atoms with van der Waals surface area (Å²) >= 11 is 0. The maximum Gasteiger partial charge on any atom is 0.156 e. The molecule has 0 amide bonds. The molecule has 112 valence electrons. The molecule has 0 radical (unpaired) electrons. The molecule has 23 heavy (non-hydrogen) atoms. The zero-order valence-corrected chi connectivity index (χ0v) is 12.4. The van der Waals surface area contributed by atoms with Gasteiger partial charge >= 0.3 is 0 Å². The molecule has 0 saturated carbocycles. The van der Waals surface area contributed by atoms with Crippen molar-refractivity contribution in [3.8, 4) is 22.4 Å². The molecule has 0 spiro atoms. The van der Waals surface area contributed by atoms with Crippen LogP contribution in [0.1, 0.15) is 5.56 Å². The van der Waals surface area contributed by atoms with E-state index in [1.807, 2.05) is 19.1 Å². The van der Waals surface area contributed by atoms with Crippen molar-refractivity contribution in [1.29, 1.82) is 0 Å². The van der Waals surface area contributed by atoms with E-state index in [2.05, 4.69) is 15.2 Å². The Balaban J connectivity index is 2.07. The third kappa shape index (κ3) is 2.26. The van der Waals surface area contributed by atoms with E-state index in [0.717, 1.165) is 39.0 Å². The van der Waals surface area contributed by atoms with Crippen molar-refractivity contribution in [2.45, 2.75) is 6.92 Å². The van der Waals surface area contributed by atoms with E-state index in [1.165, 1.54) is 12.1 Å². The maximum absolute atomic E-state index is 13.3. The Hall–Kier alpha value is -3.08. The number of H-pyrrole nitrogens is 1. The van der Waals surface area contributed by atoms with E-state index in [0.29, 0.717) is 0 Å². The molecular formula is C18H13FN4. The summed E-state index contributed by atoms with van der Waals surface area (Å²) in [6.07, 6.45) is 5.28. The number of rotatable bonds is 2. The van der Waals surface area contributed by atoms with Crippen LogP contribution in [0.2, 0.25) is 0 Å². The van der Waals surface area contributed by atoms with Crippen molar-refractivity contribution in [3.63, 3.8) is 0 Å². The summed E-state index contributed by atoms with van der Waals surface area (Å²) in [5.41, 5.74) is 5.48. The van der Waals surface area contributed by atoms with Gasteiger partial charge in [-0.1, -0.05) is 0 Å². The van der Waals surface area contributed by atoms with E-state index in [4.69, 9.17) is 4.98 Å². The fraction of sp³-hybridized carbons (Fsp3) is 0.0556. The summed E-state index contributed by atoms with van der Waals surface area (Å²) in [6.45, 7) is 2.04. The fourth-order valence-electron chi connectivity index (χ4n) is 2.81. The van der Waals surface area contributed by atoms with Crippen LogP contribution < -0.4 is 0 Å². The van der Waals surface area contributed by atoms with Crippen LogP contribution in [0.3, 0.4) is 0 Å². The summed E-state index contributed by atoms with van der Waals surface area (Å²) in [5.74, 6) is -0.265. The van der Waals surface area contributed by atoms with Gasteiger partial charge in [0.1, 0.15) is 5.82 Å². The molecule has 0 fully saturated rings. The molecule has 0 aliphatic heterocycles. The second-order valence-electron chi connectivity index (χ2n) is 5.34. The molecule has 1 aromatic carbocycles. The van der Waals surface area contributed by atoms with Crippen LogP contribution in [0.5, 0.6) is 0 Å². The number of nitrogens with one attached hydrogen (secondary N) is 1. The number of pyridine rings is 2. The Morgan fingerprint density at radius 1 is 0.957 bits per heavy atom. The van der Waals surface area contributed by atoms with Crippen LogP contribution in [-0.2, 0) is 0 Å². The first-order valence-electron chi connectivity index (χ1n) is 7.24. The Bertz CT molecular complexity index is 975. The highest BCUT2D eigenvalue weighted by Gasteiger charge is 2.16. The monoisotopic (exact) mass is 304 g/mol. The van der Waals surface area contributed by atoms with Crippen LogP contribution in [0, 0.1) is 12.7 Å². The average Bonchev–Trinajstić information content (AvgIpc) is 3.05. The van der Waals surface area contributed by atoms with Crippen LogP contribution in [-0.4, -0.2) is 20.2 Å². The first-order chi connectivity index (χ1) is 11.2. The number of aromatic amines is 1. The van der Waals surface area contributed by atoms with Gasteiger partial charge in [-0.05, 0) is 54.4 Å². The highest BCUT2D eigenvalue weighted by molar-refractivity contribution is 5.93. The lowest BCUT2D eigenvalue weighted by Gasteiger charge is -2.13.